The van der Waals surface area contributed by atoms with E-state index in [2.05, 4.69) is 39.5 Å². The Balaban J connectivity index is 3.85. The third-order valence-corrected chi connectivity index (χ3v) is 2.79. The van der Waals surface area contributed by atoms with Gasteiger partial charge in [0.1, 0.15) is 12.1 Å². The number of rotatable bonds is 9. The molecular weight excluding hydrogens is 242 g/mol. The van der Waals surface area contributed by atoms with Gasteiger partial charge in [-0.2, -0.15) is 0 Å². The van der Waals surface area contributed by atoms with Gasteiger partial charge in [0, 0.05) is 7.05 Å². The van der Waals surface area contributed by atoms with Crippen molar-refractivity contribution in [1.82, 2.24) is 15.5 Å². The number of nitrogens with zero attached hydrogens (tertiary/aromatic N) is 3. The van der Waals surface area contributed by atoms with E-state index in [1.54, 1.807) is 14.0 Å². The molecule has 1 atom stereocenters. The fourth-order valence-electron chi connectivity index (χ4n) is 1.33. The largest absolute Gasteiger partial charge is 0.354 e. The third-order valence-electron chi connectivity index (χ3n) is 2.79. The van der Waals surface area contributed by atoms with Crippen LogP contribution in [0.5, 0.6) is 0 Å². The minimum Gasteiger partial charge on any atom is -0.354 e. The van der Waals surface area contributed by atoms with E-state index in [4.69, 9.17) is 0 Å². The minimum atomic E-state index is -0.185. The Morgan fingerprint density at radius 2 is 2.16 bits per heavy atom. The molecule has 0 saturated carbocycles. The topological polar surface area (TPSA) is 69.1 Å². The van der Waals surface area contributed by atoms with Crippen LogP contribution >= 0.6 is 0 Å². The maximum Gasteiger partial charge on any atom is 0.265 e. The molecular formula is C13H27N5O. The Morgan fingerprint density at radius 1 is 1.47 bits per heavy atom. The summed E-state index contributed by atoms with van der Waals surface area (Å²) in [6.07, 6.45) is 2.53. The average molecular weight is 269 g/mol. The van der Waals surface area contributed by atoms with Crippen molar-refractivity contribution in [1.29, 1.82) is 0 Å². The monoisotopic (exact) mass is 269 g/mol. The van der Waals surface area contributed by atoms with Gasteiger partial charge >= 0.3 is 0 Å². The second kappa shape index (κ2) is 10.6. The van der Waals surface area contributed by atoms with Crippen LogP contribution in [0.1, 0.15) is 27.2 Å². The van der Waals surface area contributed by atoms with Crippen molar-refractivity contribution in [2.45, 2.75) is 33.4 Å². The third kappa shape index (κ3) is 9.32. The van der Waals surface area contributed by atoms with Crippen LogP contribution in [0.3, 0.4) is 0 Å². The van der Waals surface area contributed by atoms with Crippen molar-refractivity contribution in [3.05, 3.63) is 0 Å². The second-order valence-electron chi connectivity index (χ2n) is 4.44. The number of hydrogen-bond acceptors (Lipinski definition) is 4. The summed E-state index contributed by atoms with van der Waals surface area (Å²) in [5, 5.41) is 5.79. The minimum absolute atomic E-state index is 0.00757. The number of hydrogen-bond donors (Lipinski definition) is 2. The molecule has 6 nitrogen and oxygen atoms in total. The van der Waals surface area contributed by atoms with E-state index in [1.165, 1.54) is 6.34 Å². The van der Waals surface area contributed by atoms with Gasteiger partial charge in [-0.25, -0.2) is 4.99 Å². The SMILES string of the molecule is CCN(C)CCCNC(C)N=CN=C(C)C(=O)NC. The summed E-state index contributed by atoms with van der Waals surface area (Å²) < 4.78 is 0. The number of amides is 1. The van der Waals surface area contributed by atoms with Gasteiger partial charge in [-0.15, -0.1) is 0 Å². The van der Waals surface area contributed by atoms with Crippen LogP contribution in [-0.4, -0.2) is 62.8 Å². The normalized spacial score (nSPS) is 14.1. The molecule has 0 heterocycles. The fraction of sp³-hybridized carbons (Fsp3) is 0.769. The maximum atomic E-state index is 11.2. The van der Waals surface area contributed by atoms with Gasteiger partial charge in [-0.1, -0.05) is 6.92 Å². The second-order valence-corrected chi connectivity index (χ2v) is 4.44. The number of carbonyl (C=O) groups excluding carboxylic acids is 1. The number of nitrogens with one attached hydrogen (secondary N) is 2. The standard InChI is InChI=1S/C13H27N5O/c1-6-18(5)9-7-8-15-12(3)17-10-16-11(2)13(19)14-4/h10,12,15H,6-9H2,1-5H3,(H,14,19). The van der Waals surface area contributed by atoms with Crippen LogP contribution in [0.4, 0.5) is 0 Å². The first-order valence-electron chi connectivity index (χ1n) is 6.71. The zero-order valence-electron chi connectivity index (χ0n) is 12.7. The van der Waals surface area contributed by atoms with E-state index in [-0.39, 0.29) is 12.1 Å². The molecule has 0 fully saturated rings. The van der Waals surface area contributed by atoms with Crippen molar-refractivity contribution in [2.75, 3.05) is 33.7 Å². The van der Waals surface area contributed by atoms with Crippen LogP contribution in [0.15, 0.2) is 9.98 Å². The molecule has 6 heteroatoms. The number of carbonyl (C=O) groups is 1. The lowest BCUT2D eigenvalue weighted by Crippen LogP contribution is -2.29. The Morgan fingerprint density at radius 3 is 2.74 bits per heavy atom. The fourth-order valence-corrected chi connectivity index (χ4v) is 1.33. The molecule has 0 radical (unpaired) electrons. The molecule has 2 N–H and O–H groups in total. The lowest BCUT2D eigenvalue weighted by molar-refractivity contribution is -0.114. The number of aliphatic imine (C=N–C) groups is 2. The Kier molecular flexibility index (Phi) is 9.92. The summed E-state index contributed by atoms with van der Waals surface area (Å²) in [4.78, 5) is 21.6. The van der Waals surface area contributed by atoms with Gasteiger partial charge < -0.3 is 10.2 Å². The summed E-state index contributed by atoms with van der Waals surface area (Å²) in [6.45, 7) is 8.83. The molecule has 110 valence electrons. The van der Waals surface area contributed by atoms with E-state index in [0.29, 0.717) is 5.71 Å². The molecule has 0 rings (SSSR count). The average Bonchev–Trinajstić information content (AvgIpc) is 2.42. The molecule has 0 aromatic carbocycles. The molecule has 1 unspecified atom stereocenters. The highest BCUT2D eigenvalue weighted by Crippen LogP contribution is 1.88. The quantitative estimate of drug-likeness (QED) is 0.364. The molecule has 0 aliphatic carbocycles. The Bertz CT molecular complexity index is 314. The van der Waals surface area contributed by atoms with Crippen LogP contribution in [0.25, 0.3) is 0 Å². The molecule has 0 aliphatic rings. The van der Waals surface area contributed by atoms with Crippen molar-refractivity contribution in [3.63, 3.8) is 0 Å². The van der Waals surface area contributed by atoms with Crippen LogP contribution in [0, 0.1) is 0 Å². The van der Waals surface area contributed by atoms with Crippen molar-refractivity contribution < 1.29 is 4.79 Å². The van der Waals surface area contributed by atoms with E-state index in [0.717, 1.165) is 26.1 Å². The first-order valence-corrected chi connectivity index (χ1v) is 6.71. The van der Waals surface area contributed by atoms with Crippen LogP contribution < -0.4 is 10.6 Å². The predicted molar refractivity (Wildman–Crippen MR) is 80.9 cm³/mol. The molecule has 0 bridgehead atoms. The van der Waals surface area contributed by atoms with E-state index >= 15 is 0 Å². The summed E-state index contributed by atoms with van der Waals surface area (Å²) in [6, 6.07) is 0. The first-order chi connectivity index (χ1) is 9.01. The van der Waals surface area contributed by atoms with Crippen LogP contribution in [0.2, 0.25) is 0 Å². The van der Waals surface area contributed by atoms with Gasteiger partial charge in [0.25, 0.3) is 5.91 Å². The summed E-state index contributed by atoms with van der Waals surface area (Å²) in [5.74, 6) is -0.185. The lowest BCUT2D eigenvalue weighted by Gasteiger charge is -2.14. The van der Waals surface area contributed by atoms with E-state index in [9.17, 15) is 4.79 Å². The van der Waals surface area contributed by atoms with Gasteiger partial charge in [0.05, 0.1) is 6.17 Å². The van der Waals surface area contributed by atoms with Crippen LogP contribution in [-0.2, 0) is 4.79 Å². The zero-order valence-corrected chi connectivity index (χ0v) is 12.7. The van der Waals surface area contributed by atoms with Crippen molar-refractivity contribution >= 4 is 18.0 Å². The van der Waals surface area contributed by atoms with Crippen molar-refractivity contribution in [2.24, 2.45) is 9.98 Å². The molecule has 0 aliphatic heterocycles. The summed E-state index contributed by atoms with van der Waals surface area (Å²) in [5.41, 5.74) is 0.406. The Hall–Kier alpha value is -1.27. The highest BCUT2D eigenvalue weighted by molar-refractivity contribution is 6.38. The van der Waals surface area contributed by atoms with Gasteiger partial charge in [0.15, 0.2) is 0 Å². The van der Waals surface area contributed by atoms with E-state index < -0.39 is 0 Å². The molecule has 0 aromatic heterocycles. The highest BCUT2D eigenvalue weighted by Gasteiger charge is 2.00. The smallest absolute Gasteiger partial charge is 0.265 e. The molecule has 0 saturated heterocycles. The Labute approximate surface area is 116 Å². The van der Waals surface area contributed by atoms with Crippen molar-refractivity contribution in [3.8, 4) is 0 Å². The molecule has 19 heavy (non-hydrogen) atoms. The zero-order chi connectivity index (χ0) is 14.7. The van der Waals surface area contributed by atoms with Gasteiger partial charge in [-0.3, -0.25) is 15.1 Å². The molecule has 1 amide bonds. The maximum absolute atomic E-state index is 11.2. The predicted octanol–water partition coefficient (Wildman–Crippen LogP) is 0.499. The first kappa shape index (κ1) is 17.7. The van der Waals surface area contributed by atoms with Gasteiger partial charge in [0.2, 0.25) is 0 Å². The highest BCUT2D eigenvalue weighted by atomic mass is 16.1. The summed E-state index contributed by atoms with van der Waals surface area (Å²) in [7, 11) is 3.69. The molecule has 0 aromatic rings. The summed E-state index contributed by atoms with van der Waals surface area (Å²) >= 11 is 0. The lowest BCUT2D eigenvalue weighted by atomic mass is 10.4. The van der Waals surface area contributed by atoms with Gasteiger partial charge in [-0.05, 0) is 47.0 Å². The van der Waals surface area contributed by atoms with E-state index in [1.807, 2.05) is 6.92 Å². The molecule has 0 spiro atoms.